The molecule has 140 valence electrons. The largest absolute Gasteiger partial charge is 0.456 e. The highest BCUT2D eigenvalue weighted by atomic mass is 19.1. The van der Waals surface area contributed by atoms with Gasteiger partial charge in [0, 0.05) is 13.5 Å². The number of halogens is 1. The number of methoxy groups -OCH3 is 1. The van der Waals surface area contributed by atoms with Crippen molar-refractivity contribution in [2.45, 2.75) is 38.0 Å². The molecule has 0 aliphatic rings. The van der Waals surface area contributed by atoms with Crippen LogP contribution in [0.25, 0.3) is 11.2 Å². The Hall–Kier alpha value is -2.77. The molecule has 2 aromatic rings. The van der Waals surface area contributed by atoms with Crippen molar-refractivity contribution in [3.63, 3.8) is 0 Å². The van der Waals surface area contributed by atoms with Gasteiger partial charge in [-0.1, -0.05) is 12.8 Å². The van der Waals surface area contributed by atoms with Crippen molar-refractivity contribution in [1.82, 2.24) is 19.5 Å². The first-order chi connectivity index (χ1) is 12.4. The molecule has 9 nitrogen and oxygen atoms in total. The molecule has 2 aromatic heterocycles. The van der Waals surface area contributed by atoms with Crippen LogP contribution in [-0.2, 0) is 20.8 Å². The molecule has 0 spiro atoms. The molecule has 0 fully saturated rings. The second-order valence-electron chi connectivity index (χ2n) is 5.57. The quantitative estimate of drug-likeness (QED) is 0.388. The number of aliphatic hydroxyl groups excluding tert-OH is 1. The number of terminal acetylenes is 1. The number of nitrogens with zero attached hydrogens (tertiary/aromatic N) is 4. The number of imidazole rings is 1. The van der Waals surface area contributed by atoms with E-state index in [-0.39, 0.29) is 29.9 Å². The van der Waals surface area contributed by atoms with Crippen LogP contribution in [-0.4, -0.2) is 56.0 Å². The van der Waals surface area contributed by atoms with E-state index in [9.17, 15) is 14.3 Å². The molecule has 2 rings (SSSR count). The fraction of sp³-hybridized carbons (Fsp3) is 0.500. The molecular weight excluding hydrogens is 345 g/mol. The zero-order chi connectivity index (χ0) is 19.3. The number of hydrogen-bond donors (Lipinski definition) is 2. The molecule has 0 aliphatic carbocycles. The summed E-state index contributed by atoms with van der Waals surface area (Å²) >= 11 is 0. The Morgan fingerprint density at radius 2 is 2.31 bits per heavy atom. The van der Waals surface area contributed by atoms with Gasteiger partial charge in [-0.15, -0.1) is 6.42 Å². The summed E-state index contributed by atoms with van der Waals surface area (Å²) in [7, 11) is 1.29. The van der Waals surface area contributed by atoms with E-state index < -0.39 is 30.4 Å². The average molecular weight is 365 g/mol. The number of nitrogen functional groups attached to an aromatic ring is 1. The first-order valence-electron chi connectivity index (χ1n) is 7.87. The van der Waals surface area contributed by atoms with Crippen molar-refractivity contribution in [1.29, 1.82) is 0 Å². The number of carbonyl (C=O) groups is 1. The first kappa shape index (κ1) is 19.6. The Kier molecular flexibility index (Phi) is 6.07. The smallest absolute Gasteiger partial charge is 0.312 e. The number of nitrogens with two attached hydrogens (primary N) is 1. The third-order valence-electron chi connectivity index (χ3n) is 3.92. The number of ether oxygens (including phenoxy) is 2. The lowest BCUT2D eigenvalue weighted by Gasteiger charge is -2.33. The van der Waals surface area contributed by atoms with Gasteiger partial charge >= 0.3 is 12.0 Å². The molecule has 0 amide bonds. The van der Waals surface area contributed by atoms with Crippen LogP contribution in [0.4, 0.5) is 10.2 Å². The van der Waals surface area contributed by atoms with Crippen LogP contribution in [0.2, 0.25) is 0 Å². The van der Waals surface area contributed by atoms with E-state index in [0.29, 0.717) is 6.42 Å². The lowest BCUT2D eigenvalue weighted by molar-refractivity contribution is -0.168. The van der Waals surface area contributed by atoms with Gasteiger partial charge < -0.3 is 24.9 Å². The lowest BCUT2D eigenvalue weighted by atomic mass is 9.97. The summed E-state index contributed by atoms with van der Waals surface area (Å²) in [6.07, 6.45) is 5.50. The van der Waals surface area contributed by atoms with Crippen molar-refractivity contribution in [3.8, 4) is 12.3 Å². The number of fused-ring (bicyclic) bond motifs is 1. The third kappa shape index (κ3) is 3.74. The molecule has 0 radical (unpaired) electrons. The van der Waals surface area contributed by atoms with Gasteiger partial charge in [0.15, 0.2) is 23.2 Å². The summed E-state index contributed by atoms with van der Waals surface area (Å²) in [6.45, 7) is 1.14. The van der Waals surface area contributed by atoms with Crippen LogP contribution in [0, 0.1) is 18.4 Å². The maximum atomic E-state index is 13.5. The van der Waals surface area contributed by atoms with Crippen molar-refractivity contribution in [3.05, 3.63) is 12.4 Å². The van der Waals surface area contributed by atoms with Gasteiger partial charge in [-0.25, -0.2) is 4.98 Å². The van der Waals surface area contributed by atoms with E-state index >= 15 is 0 Å². The number of aliphatic hydroxyl groups is 1. The molecule has 0 aromatic carbocycles. The van der Waals surface area contributed by atoms with Crippen LogP contribution in [0.15, 0.2) is 6.33 Å². The Morgan fingerprint density at radius 1 is 1.58 bits per heavy atom. The fourth-order valence-corrected chi connectivity index (χ4v) is 2.45. The summed E-state index contributed by atoms with van der Waals surface area (Å²) in [5.41, 5.74) is 4.35. The van der Waals surface area contributed by atoms with E-state index in [1.165, 1.54) is 18.0 Å². The molecular formula is C16H20FN5O4. The highest BCUT2D eigenvalue weighted by molar-refractivity contribution is 5.81. The van der Waals surface area contributed by atoms with E-state index in [0.717, 1.165) is 0 Å². The monoisotopic (exact) mass is 365 g/mol. The standard InChI is InChI=1S/C16H20FN5O4/c1-4-6-11(24)26-10(16(5-2,8-23)25-3)7-22-9-19-12-13(18)20-15(17)21-14(12)22/h2,9-10,23H,4,6-8H2,1,3H3,(H2,18,20,21)/t10-,16?/m0/s1. The molecule has 0 saturated carbocycles. The summed E-state index contributed by atoms with van der Waals surface area (Å²) in [5, 5.41) is 9.73. The van der Waals surface area contributed by atoms with Gasteiger partial charge in [0.25, 0.3) is 0 Å². The van der Waals surface area contributed by atoms with Crippen LogP contribution < -0.4 is 5.73 Å². The van der Waals surface area contributed by atoms with Crippen LogP contribution in [0.3, 0.4) is 0 Å². The molecule has 3 N–H and O–H groups in total. The highest BCUT2D eigenvalue weighted by Crippen LogP contribution is 2.23. The van der Waals surface area contributed by atoms with Crippen molar-refractivity contribution in [2.75, 3.05) is 19.5 Å². The molecule has 10 heteroatoms. The highest BCUT2D eigenvalue weighted by Gasteiger charge is 2.40. The van der Waals surface area contributed by atoms with Crippen molar-refractivity contribution >= 4 is 23.0 Å². The zero-order valence-electron chi connectivity index (χ0n) is 14.5. The van der Waals surface area contributed by atoms with Crippen LogP contribution in [0.5, 0.6) is 0 Å². The third-order valence-corrected chi connectivity index (χ3v) is 3.92. The van der Waals surface area contributed by atoms with Crippen LogP contribution >= 0.6 is 0 Å². The lowest BCUT2D eigenvalue weighted by Crippen LogP contribution is -2.50. The predicted octanol–water partition coefficient (Wildman–Crippen LogP) is 0.270. The van der Waals surface area contributed by atoms with Gasteiger partial charge in [0.1, 0.15) is 5.52 Å². The minimum atomic E-state index is -1.59. The summed E-state index contributed by atoms with van der Waals surface area (Å²) in [4.78, 5) is 23.1. The number of esters is 1. The van der Waals surface area contributed by atoms with Gasteiger partial charge in [0.2, 0.25) is 0 Å². The van der Waals surface area contributed by atoms with Gasteiger partial charge in [0.05, 0.1) is 19.5 Å². The van der Waals surface area contributed by atoms with Crippen molar-refractivity contribution in [2.24, 2.45) is 0 Å². The van der Waals surface area contributed by atoms with Gasteiger partial charge in [-0.05, 0) is 6.42 Å². The average Bonchev–Trinajstić information content (AvgIpc) is 3.00. The van der Waals surface area contributed by atoms with Crippen LogP contribution in [0.1, 0.15) is 19.8 Å². The normalized spacial score (nSPS) is 14.6. The minimum Gasteiger partial charge on any atom is -0.456 e. The molecule has 0 saturated heterocycles. The van der Waals surface area contributed by atoms with E-state index in [1.54, 1.807) is 0 Å². The van der Waals surface area contributed by atoms with E-state index in [2.05, 4.69) is 20.9 Å². The molecule has 2 heterocycles. The molecule has 0 aliphatic heterocycles. The number of anilines is 1. The fourth-order valence-electron chi connectivity index (χ4n) is 2.45. The Morgan fingerprint density at radius 3 is 2.88 bits per heavy atom. The number of carbonyl (C=O) groups excluding carboxylic acids is 1. The Balaban J connectivity index is 2.44. The van der Waals surface area contributed by atoms with Gasteiger partial charge in [-0.2, -0.15) is 14.4 Å². The summed E-state index contributed by atoms with van der Waals surface area (Å²) in [5.74, 6) is 1.70. The molecule has 0 bridgehead atoms. The molecule has 26 heavy (non-hydrogen) atoms. The molecule has 1 unspecified atom stereocenters. The predicted molar refractivity (Wildman–Crippen MR) is 90.1 cm³/mol. The maximum absolute atomic E-state index is 13.5. The minimum absolute atomic E-state index is 0.0829. The van der Waals surface area contributed by atoms with Crippen molar-refractivity contribution < 1.29 is 23.8 Å². The topological polar surface area (TPSA) is 125 Å². The number of aromatic nitrogens is 4. The van der Waals surface area contributed by atoms with Gasteiger partial charge in [-0.3, -0.25) is 4.79 Å². The number of rotatable bonds is 8. The zero-order valence-corrected chi connectivity index (χ0v) is 14.5. The van der Waals surface area contributed by atoms with E-state index in [1.807, 2.05) is 6.92 Å². The van der Waals surface area contributed by atoms with E-state index in [4.69, 9.17) is 21.6 Å². The maximum Gasteiger partial charge on any atom is 0.312 e. The summed E-state index contributed by atoms with van der Waals surface area (Å²) < 4.78 is 25.6. The summed E-state index contributed by atoms with van der Waals surface area (Å²) in [6, 6.07) is 0. The molecule has 2 atom stereocenters. The second kappa shape index (κ2) is 8.07. The first-order valence-corrected chi connectivity index (χ1v) is 7.87. The SMILES string of the molecule is C#CC(CO)(OC)[C@H](Cn1cnc2c(N)nc(F)nc21)OC(=O)CCC. The Bertz CT molecular complexity index is 828. The number of hydrogen-bond acceptors (Lipinski definition) is 8. The Labute approximate surface area is 149 Å². The second-order valence-corrected chi connectivity index (χ2v) is 5.57.